The molecule has 1 fully saturated rings. The van der Waals surface area contributed by atoms with E-state index in [1.54, 1.807) is 0 Å². The van der Waals surface area contributed by atoms with E-state index in [9.17, 15) is 4.79 Å². The minimum atomic E-state index is -0.968. The third kappa shape index (κ3) is 34.3. The highest BCUT2D eigenvalue weighted by molar-refractivity contribution is 5.68. The lowest BCUT2D eigenvalue weighted by Gasteiger charge is -1.73. The third-order valence-corrected chi connectivity index (χ3v) is 1.04. The van der Waals surface area contributed by atoms with E-state index < -0.39 is 5.97 Å². The Bertz CT molecular complexity index is 103. The van der Waals surface area contributed by atoms with Crippen LogP contribution in [0.2, 0.25) is 0 Å². The summed E-state index contributed by atoms with van der Waals surface area (Å²) in [6.07, 6.45) is 2.97. The van der Waals surface area contributed by atoms with Crippen molar-refractivity contribution in [3.63, 3.8) is 0 Å². The van der Waals surface area contributed by atoms with Gasteiger partial charge in [0.25, 0.3) is 0 Å². The molecule has 0 unspecified atom stereocenters. The first-order chi connectivity index (χ1) is 5.58. The van der Waals surface area contributed by atoms with Gasteiger partial charge in [0.2, 0.25) is 0 Å². The maximum atomic E-state index is 9.24. The number of hydrogen-bond acceptors (Lipinski definition) is 3. The second-order valence-corrected chi connectivity index (χ2v) is 2.69. The summed E-state index contributed by atoms with van der Waals surface area (Å²) in [6.45, 7) is 4.65. The van der Waals surface area contributed by atoms with Gasteiger partial charge in [-0.15, -0.1) is 0 Å². The molecular weight excluding hydrogens is 156 g/mol. The number of nitrogens with two attached hydrogens (primary N) is 2. The van der Waals surface area contributed by atoms with Crippen molar-refractivity contribution < 1.29 is 9.90 Å². The van der Waals surface area contributed by atoms with Crippen LogP contribution in [0.15, 0.2) is 0 Å². The molecule has 0 saturated heterocycles. The third-order valence-electron chi connectivity index (χ3n) is 1.04. The lowest BCUT2D eigenvalue weighted by molar-refractivity contribution is -0.135. The molecule has 0 aromatic heterocycles. The van der Waals surface area contributed by atoms with Gasteiger partial charge in [0.1, 0.15) is 0 Å². The summed E-state index contributed by atoms with van der Waals surface area (Å²) in [4.78, 5) is 9.24. The Kier molecular flexibility index (Phi) is 12.1. The molecule has 0 aromatic carbocycles. The molecule has 0 atom stereocenters. The zero-order chi connectivity index (χ0) is 9.98. The van der Waals surface area contributed by atoms with Crippen molar-refractivity contribution in [2.45, 2.75) is 26.7 Å². The Morgan fingerprint density at radius 1 is 1.50 bits per heavy atom. The van der Waals surface area contributed by atoms with Gasteiger partial charge in [0, 0.05) is 0 Å². The van der Waals surface area contributed by atoms with Gasteiger partial charge in [-0.1, -0.05) is 26.7 Å². The topological polar surface area (TPSA) is 89.3 Å². The summed E-state index contributed by atoms with van der Waals surface area (Å²) in [5, 5.41) is 7.60. The van der Waals surface area contributed by atoms with Crippen LogP contribution >= 0.6 is 0 Å². The Morgan fingerprint density at radius 2 is 1.67 bits per heavy atom. The number of hydrogen-bond donors (Lipinski definition) is 3. The molecule has 0 spiro atoms. The van der Waals surface area contributed by atoms with Crippen LogP contribution < -0.4 is 11.5 Å². The van der Waals surface area contributed by atoms with E-state index in [2.05, 4.69) is 12.7 Å². The molecule has 0 aliphatic heterocycles. The van der Waals surface area contributed by atoms with E-state index in [4.69, 9.17) is 10.8 Å². The fraction of sp³-hybridized carbons (Fsp3) is 0.875. The predicted octanol–water partition coefficient (Wildman–Crippen LogP) is 0.411. The molecule has 4 heteroatoms. The van der Waals surface area contributed by atoms with Crippen LogP contribution in [0.3, 0.4) is 0 Å². The molecule has 0 heterocycles. The van der Waals surface area contributed by atoms with Crippen LogP contribution in [0.25, 0.3) is 0 Å². The summed E-state index contributed by atoms with van der Waals surface area (Å²) in [5.74, 6) is 0.116. The molecule has 1 rings (SSSR count). The van der Waals surface area contributed by atoms with Crippen molar-refractivity contribution in [1.29, 1.82) is 0 Å². The smallest absolute Gasteiger partial charge is 0.317 e. The zero-order valence-electron chi connectivity index (χ0n) is 7.92. The Hall–Kier alpha value is -0.610. The van der Waals surface area contributed by atoms with Crippen LogP contribution in [0.4, 0.5) is 0 Å². The standard InChI is InChI=1S/C4H8.C2H5NO2.C2H7N/c1-4-2-3-4;3-1-2(4)5;1-2-3/h4H,2-3H2,1H3;1,3H2,(H,4,5);2-3H2,1H3. The first-order valence-electron chi connectivity index (χ1n) is 4.20. The van der Waals surface area contributed by atoms with E-state index in [1.165, 1.54) is 12.8 Å². The average Bonchev–Trinajstić information content (AvgIpc) is 2.75. The van der Waals surface area contributed by atoms with Crippen molar-refractivity contribution in [1.82, 2.24) is 0 Å². The van der Waals surface area contributed by atoms with E-state index in [0.717, 1.165) is 12.5 Å². The molecule has 74 valence electrons. The normalized spacial score (nSPS) is 13.3. The predicted molar refractivity (Wildman–Crippen MR) is 49.8 cm³/mol. The fourth-order valence-electron chi connectivity index (χ4n) is 0.167. The Morgan fingerprint density at radius 3 is 1.67 bits per heavy atom. The lowest BCUT2D eigenvalue weighted by atomic mass is 10.5. The molecule has 12 heavy (non-hydrogen) atoms. The SMILES string of the molecule is CC1CC1.CCN.NCC(=O)O. The molecule has 1 aliphatic carbocycles. The Balaban J connectivity index is 0. The Labute approximate surface area is 73.9 Å². The second kappa shape index (κ2) is 10.4. The van der Waals surface area contributed by atoms with Gasteiger partial charge >= 0.3 is 5.97 Å². The summed E-state index contributed by atoms with van der Waals surface area (Å²) in [6, 6.07) is 0. The minimum Gasteiger partial charge on any atom is -0.480 e. The van der Waals surface area contributed by atoms with Crippen molar-refractivity contribution in [3.8, 4) is 0 Å². The molecule has 0 aromatic rings. The molecular formula is C8H20N2O2. The van der Waals surface area contributed by atoms with Crippen molar-refractivity contribution in [2.75, 3.05) is 13.1 Å². The molecule has 1 aliphatic rings. The van der Waals surface area contributed by atoms with E-state index >= 15 is 0 Å². The van der Waals surface area contributed by atoms with Crippen molar-refractivity contribution in [3.05, 3.63) is 0 Å². The van der Waals surface area contributed by atoms with Crippen LogP contribution in [0.5, 0.6) is 0 Å². The summed E-state index contributed by atoms with van der Waals surface area (Å²) < 4.78 is 0. The van der Waals surface area contributed by atoms with E-state index in [1.807, 2.05) is 6.92 Å². The van der Waals surface area contributed by atoms with Crippen LogP contribution in [0.1, 0.15) is 26.7 Å². The highest BCUT2D eigenvalue weighted by Crippen LogP contribution is 2.26. The highest BCUT2D eigenvalue weighted by atomic mass is 16.4. The van der Waals surface area contributed by atoms with E-state index in [-0.39, 0.29) is 6.54 Å². The summed E-state index contributed by atoms with van der Waals surface area (Å²) in [5.41, 5.74) is 9.42. The summed E-state index contributed by atoms with van der Waals surface area (Å²) >= 11 is 0. The van der Waals surface area contributed by atoms with Gasteiger partial charge in [-0.3, -0.25) is 4.79 Å². The summed E-state index contributed by atoms with van der Waals surface area (Å²) in [7, 11) is 0. The van der Waals surface area contributed by atoms with Crippen molar-refractivity contribution >= 4 is 5.97 Å². The van der Waals surface area contributed by atoms with Gasteiger partial charge in [0.05, 0.1) is 6.54 Å². The molecule has 5 N–H and O–H groups in total. The van der Waals surface area contributed by atoms with Crippen LogP contribution in [-0.2, 0) is 4.79 Å². The quantitative estimate of drug-likeness (QED) is 0.540. The number of rotatable bonds is 1. The van der Waals surface area contributed by atoms with Crippen molar-refractivity contribution in [2.24, 2.45) is 17.4 Å². The van der Waals surface area contributed by atoms with Gasteiger partial charge in [-0.2, -0.15) is 0 Å². The number of carboxylic acids is 1. The minimum absolute atomic E-state index is 0.278. The van der Waals surface area contributed by atoms with Gasteiger partial charge < -0.3 is 16.6 Å². The maximum Gasteiger partial charge on any atom is 0.317 e. The molecule has 0 radical (unpaired) electrons. The second-order valence-electron chi connectivity index (χ2n) is 2.69. The molecule has 0 bridgehead atoms. The molecule has 0 amide bonds. The van der Waals surface area contributed by atoms with Crippen LogP contribution in [0, 0.1) is 5.92 Å². The van der Waals surface area contributed by atoms with Crippen LogP contribution in [-0.4, -0.2) is 24.2 Å². The number of aliphatic carboxylic acids is 1. The first-order valence-corrected chi connectivity index (χ1v) is 4.20. The maximum absolute atomic E-state index is 9.24. The average molecular weight is 176 g/mol. The monoisotopic (exact) mass is 176 g/mol. The van der Waals surface area contributed by atoms with Gasteiger partial charge in [-0.25, -0.2) is 0 Å². The van der Waals surface area contributed by atoms with Gasteiger partial charge in [-0.05, 0) is 12.5 Å². The fourth-order valence-corrected chi connectivity index (χ4v) is 0.167. The van der Waals surface area contributed by atoms with Gasteiger partial charge in [0.15, 0.2) is 0 Å². The zero-order valence-corrected chi connectivity index (χ0v) is 7.92. The highest BCUT2D eigenvalue weighted by Gasteiger charge is 2.12. The lowest BCUT2D eigenvalue weighted by Crippen LogP contribution is -2.10. The molecule has 4 nitrogen and oxygen atoms in total. The number of carboxylic acid groups (broad SMARTS) is 1. The number of carbonyl (C=O) groups is 1. The van der Waals surface area contributed by atoms with E-state index in [0.29, 0.717) is 0 Å². The largest absolute Gasteiger partial charge is 0.480 e. The molecule has 1 saturated carbocycles. The first kappa shape index (κ1) is 13.9.